The van der Waals surface area contributed by atoms with Crippen molar-refractivity contribution in [1.29, 1.82) is 0 Å². The van der Waals surface area contributed by atoms with E-state index >= 15 is 0 Å². The third kappa shape index (κ3) is 3.17. The first-order chi connectivity index (χ1) is 7.90. The third-order valence-corrected chi connectivity index (χ3v) is 5.07. The number of sulfone groups is 1. The van der Waals surface area contributed by atoms with Crippen molar-refractivity contribution in [3.05, 3.63) is 0 Å². The molecule has 2 rings (SSSR count). The van der Waals surface area contributed by atoms with Crippen molar-refractivity contribution in [2.24, 2.45) is 0 Å². The van der Waals surface area contributed by atoms with E-state index in [0.29, 0.717) is 26.2 Å². The lowest BCUT2D eigenvalue weighted by atomic mass is 10.0. The molecule has 1 amide bonds. The minimum Gasteiger partial charge on any atom is -0.378 e. The van der Waals surface area contributed by atoms with Crippen LogP contribution in [0, 0.1) is 0 Å². The minimum absolute atomic E-state index is 0.0271. The second-order valence-corrected chi connectivity index (χ2v) is 7.16. The summed E-state index contributed by atoms with van der Waals surface area (Å²) in [6.07, 6.45) is 0.481. The highest BCUT2D eigenvalue weighted by Crippen LogP contribution is 2.22. The molecule has 2 saturated heterocycles. The summed E-state index contributed by atoms with van der Waals surface area (Å²) in [6, 6.07) is -0.371. The number of nitrogens with one attached hydrogen (secondary N) is 2. The van der Waals surface area contributed by atoms with E-state index < -0.39 is 15.4 Å². The molecule has 2 fully saturated rings. The Kier molecular flexibility index (Phi) is 3.42. The Morgan fingerprint density at radius 1 is 1.53 bits per heavy atom. The Balaban J connectivity index is 1.94. The standard InChI is InChI=1S/C10H18N2O4S/c1-10(2-5-17(14,15)7-10)12-9(13)8-6-16-4-3-11-8/h8,11H,2-7H2,1H3,(H,12,13). The van der Waals surface area contributed by atoms with Crippen molar-refractivity contribution >= 4 is 15.7 Å². The smallest absolute Gasteiger partial charge is 0.239 e. The van der Waals surface area contributed by atoms with E-state index in [1.54, 1.807) is 6.92 Å². The Morgan fingerprint density at radius 3 is 2.82 bits per heavy atom. The van der Waals surface area contributed by atoms with Gasteiger partial charge in [0, 0.05) is 6.54 Å². The van der Waals surface area contributed by atoms with Crippen LogP contribution >= 0.6 is 0 Å². The first-order valence-electron chi connectivity index (χ1n) is 5.74. The fourth-order valence-corrected chi connectivity index (χ4v) is 4.32. The van der Waals surface area contributed by atoms with Crippen molar-refractivity contribution in [2.45, 2.75) is 24.9 Å². The largest absolute Gasteiger partial charge is 0.378 e. The summed E-state index contributed by atoms with van der Waals surface area (Å²) >= 11 is 0. The van der Waals surface area contributed by atoms with Gasteiger partial charge in [-0.1, -0.05) is 0 Å². The molecule has 0 aliphatic carbocycles. The molecule has 98 valence electrons. The van der Waals surface area contributed by atoms with Gasteiger partial charge in [0.2, 0.25) is 5.91 Å². The fourth-order valence-electron chi connectivity index (χ4n) is 2.23. The molecule has 2 unspecified atom stereocenters. The summed E-state index contributed by atoms with van der Waals surface area (Å²) in [5, 5.41) is 5.86. The van der Waals surface area contributed by atoms with Gasteiger partial charge in [0.15, 0.2) is 9.84 Å². The number of carbonyl (C=O) groups is 1. The van der Waals surface area contributed by atoms with E-state index in [-0.39, 0.29) is 23.5 Å². The maximum absolute atomic E-state index is 11.9. The molecule has 0 saturated carbocycles. The van der Waals surface area contributed by atoms with Crippen LogP contribution in [-0.2, 0) is 19.4 Å². The summed E-state index contributed by atoms with van der Waals surface area (Å²) in [5.74, 6) is 0.00169. The first kappa shape index (κ1) is 12.8. The lowest BCUT2D eigenvalue weighted by Crippen LogP contribution is -2.57. The first-order valence-corrected chi connectivity index (χ1v) is 7.56. The Labute approximate surface area is 101 Å². The number of morpholine rings is 1. The van der Waals surface area contributed by atoms with E-state index in [1.165, 1.54) is 0 Å². The van der Waals surface area contributed by atoms with Crippen molar-refractivity contribution in [3.63, 3.8) is 0 Å². The van der Waals surface area contributed by atoms with Gasteiger partial charge in [0.25, 0.3) is 0 Å². The molecule has 0 aromatic carbocycles. The topological polar surface area (TPSA) is 84.5 Å². The van der Waals surface area contributed by atoms with Crippen LogP contribution in [0.1, 0.15) is 13.3 Å². The molecule has 2 N–H and O–H groups in total. The average molecular weight is 262 g/mol. The van der Waals surface area contributed by atoms with Gasteiger partial charge in [0.05, 0.1) is 30.3 Å². The molecule has 7 heteroatoms. The molecule has 0 aromatic rings. The molecule has 0 aromatic heterocycles. The van der Waals surface area contributed by atoms with Gasteiger partial charge in [-0.25, -0.2) is 8.42 Å². The highest BCUT2D eigenvalue weighted by Gasteiger charge is 2.40. The maximum Gasteiger partial charge on any atom is 0.239 e. The SMILES string of the molecule is CC1(NC(=O)C2COCCN2)CCS(=O)(=O)C1. The predicted molar refractivity (Wildman–Crippen MR) is 62.4 cm³/mol. The highest BCUT2D eigenvalue weighted by atomic mass is 32.2. The van der Waals surface area contributed by atoms with Gasteiger partial charge in [-0.15, -0.1) is 0 Å². The number of ether oxygens (including phenoxy) is 1. The molecule has 6 nitrogen and oxygen atoms in total. The van der Waals surface area contributed by atoms with Gasteiger partial charge in [-0.3, -0.25) is 4.79 Å². The molecule has 2 aliphatic rings. The summed E-state index contributed by atoms with van der Waals surface area (Å²) in [7, 11) is -3.00. The molecule has 0 spiro atoms. The average Bonchev–Trinajstić information content (AvgIpc) is 2.54. The van der Waals surface area contributed by atoms with Crippen LogP contribution in [0.15, 0.2) is 0 Å². The van der Waals surface area contributed by atoms with Crippen LogP contribution in [0.3, 0.4) is 0 Å². The van der Waals surface area contributed by atoms with Gasteiger partial charge >= 0.3 is 0 Å². The van der Waals surface area contributed by atoms with Crippen LogP contribution in [-0.4, -0.2) is 57.2 Å². The zero-order valence-corrected chi connectivity index (χ0v) is 10.7. The second-order valence-electron chi connectivity index (χ2n) is 4.97. The van der Waals surface area contributed by atoms with E-state index in [4.69, 9.17) is 4.74 Å². The number of carbonyl (C=O) groups excluding carboxylic acids is 1. The number of rotatable bonds is 2. The molecular weight excluding hydrogens is 244 g/mol. The van der Waals surface area contributed by atoms with Crippen LogP contribution < -0.4 is 10.6 Å². The summed E-state index contributed by atoms with van der Waals surface area (Å²) in [5.41, 5.74) is -0.630. The monoisotopic (exact) mass is 262 g/mol. The second kappa shape index (κ2) is 4.55. The van der Waals surface area contributed by atoms with Crippen molar-refractivity contribution in [2.75, 3.05) is 31.3 Å². The molecule has 2 aliphatic heterocycles. The molecule has 2 heterocycles. The maximum atomic E-state index is 11.9. The fraction of sp³-hybridized carbons (Fsp3) is 0.900. The van der Waals surface area contributed by atoms with Crippen molar-refractivity contribution in [1.82, 2.24) is 10.6 Å². The molecule has 0 radical (unpaired) electrons. The van der Waals surface area contributed by atoms with Crippen LogP contribution in [0.5, 0.6) is 0 Å². The van der Waals surface area contributed by atoms with Gasteiger partial charge in [-0.05, 0) is 13.3 Å². The van der Waals surface area contributed by atoms with Crippen molar-refractivity contribution in [3.8, 4) is 0 Å². The van der Waals surface area contributed by atoms with E-state index in [2.05, 4.69) is 10.6 Å². The highest BCUT2D eigenvalue weighted by molar-refractivity contribution is 7.91. The van der Waals surface area contributed by atoms with Gasteiger partial charge in [0.1, 0.15) is 6.04 Å². The van der Waals surface area contributed by atoms with E-state index in [9.17, 15) is 13.2 Å². The van der Waals surface area contributed by atoms with E-state index in [0.717, 1.165) is 0 Å². The molecule has 2 atom stereocenters. The van der Waals surface area contributed by atoms with Crippen molar-refractivity contribution < 1.29 is 17.9 Å². The number of hydrogen-bond donors (Lipinski definition) is 2. The zero-order valence-electron chi connectivity index (χ0n) is 9.86. The molecular formula is C10H18N2O4S. The van der Waals surface area contributed by atoms with Gasteiger partial charge in [-0.2, -0.15) is 0 Å². The Bertz CT molecular complexity index is 403. The van der Waals surface area contributed by atoms with E-state index in [1.807, 2.05) is 0 Å². The lowest BCUT2D eigenvalue weighted by Gasteiger charge is -2.29. The third-order valence-electron chi connectivity index (χ3n) is 3.17. The van der Waals surface area contributed by atoms with Crippen LogP contribution in [0.4, 0.5) is 0 Å². The number of hydrogen-bond acceptors (Lipinski definition) is 5. The number of amides is 1. The van der Waals surface area contributed by atoms with Gasteiger partial charge < -0.3 is 15.4 Å². The zero-order chi connectivity index (χ0) is 12.5. The van der Waals surface area contributed by atoms with Crippen LogP contribution in [0.25, 0.3) is 0 Å². The molecule has 17 heavy (non-hydrogen) atoms. The normalized spacial score (nSPS) is 36.6. The lowest BCUT2D eigenvalue weighted by molar-refractivity contribution is -0.127. The minimum atomic E-state index is -3.00. The molecule has 0 bridgehead atoms. The summed E-state index contributed by atoms with van der Waals surface area (Å²) < 4.78 is 28.0. The Morgan fingerprint density at radius 2 is 2.29 bits per heavy atom. The summed E-state index contributed by atoms with van der Waals surface area (Å²) in [6.45, 7) is 3.37. The quantitative estimate of drug-likeness (QED) is 0.644. The predicted octanol–water partition coefficient (Wildman–Crippen LogP) is -1.33. The Hall–Kier alpha value is -0.660. The van der Waals surface area contributed by atoms with Crippen LogP contribution in [0.2, 0.25) is 0 Å². The summed E-state index contributed by atoms with van der Waals surface area (Å²) in [4.78, 5) is 11.9.